The van der Waals surface area contributed by atoms with Crippen molar-refractivity contribution in [2.24, 2.45) is 0 Å². The first-order chi connectivity index (χ1) is 6.29. The summed E-state index contributed by atoms with van der Waals surface area (Å²) in [5.41, 5.74) is 0. The van der Waals surface area contributed by atoms with Crippen LogP contribution in [-0.4, -0.2) is 29.3 Å². The molecule has 1 saturated carbocycles. The van der Waals surface area contributed by atoms with Gasteiger partial charge in [0.25, 0.3) is 0 Å². The Labute approximate surface area is 89.3 Å². The molecule has 0 radical (unpaired) electrons. The molecule has 2 fully saturated rings. The Morgan fingerprint density at radius 3 is 2.08 bits per heavy atom. The van der Waals surface area contributed by atoms with Crippen molar-refractivity contribution in [3.05, 3.63) is 0 Å². The van der Waals surface area contributed by atoms with Gasteiger partial charge in [-0.05, 0) is 6.42 Å². The fraction of sp³-hybridized carbons (Fsp3) is 0.900. The number of carbonyl (C=O) groups excluding carboxylic acids is 1. The van der Waals surface area contributed by atoms with E-state index in [-0.39, 0.29) is 5.91 Å². The zero-order valence-electron chi connectivity index (χ0n) is 8.22. The van der Waals surface area contributed by atoms with E-state index >= 15 is 0 Å². The van der Waals surface area contributed by atoms with E-state index < -0.39 is 0 Å². The molecule has 0 spiro atoms. The van der Waals surface area contributed by atoms with Crippen LogP contribution in [0.2, 0.25) is 4.71 Å². The molecule has 0 aromatic carbocycles. The summed E-state index contributed by atoms with van der Waals surface area (Å²) in [5.74, 6) is 0.204. The van der Waals surface area contributed by atoms with Crippen LogP contribution in [0.1, 0.15) is 44.9 Å². The van der Waals surface area contributed by atoms with E-state index in [2.05, 4.69) is 5.32 Å². The second-order valence-corrected chi connectivity index (χ2v) is 5.83. The molecule has 76 valence electrons. The molecule has 0 bridgehead atoms. The van der Waals surface area contributed by atoms with Gasteiger partial charge in [0.05, 0.1) is 0 Å². The zero-order valence-corrected chi connectivity index (χ0v) is 10.6. The van der Waals surface area contributed by atoms with Gasteiger partial charge in [0, 0.05) is 13.0 Å². The van der Waals surface area contributed by atoms with E-state index in [4.69, 9.17) is 0 Å². The average molecular weight is 245 g/mol. The van der Waals surface area contributed by atoms with Crippen molar-refractivity contribution in [2.75, 3.05) is 6.54 Å². The van der Waals surface area contributed by atoms with Crippen LogP contribution in [0.25, 0.3) is 0 Å². The SMILES string of the molecule is O=C1CCCN1.[AsH2]C1CCCCC1. The van der Waals surface area contributed by atoms with Crippen LogP contribution in [-0.2, 0) is 4.79 Å². The summed E-state index contributed by atoms with van der Waals surface area (Å²) >= 11 is 1.95. The van der Waals surface area contributed by atoms with Gasteiger partial charge < -0.3 is 5.32 Å². The first-order valence-corrected chi connectivity index (χ1v) is 6.71. The van der Waals surface area contributed by atoms with Gasteiger partial charge in [-0.3, -0.25) is 4.79 Å². The van der Waals surface area contributed by atoms with Crippen LogP contribution < -0.4 is 5.32 Å². The number of carbonyl (C=O) groups is 1. The summed E-state index contributed by atoms with van der Waals surface area (Å²) in [6, 6.07) is 0. The first kappa shape index (κ1) is 11.1. The normalized spacial score (nSPS) is 23.3. The van der Waals surface area contributed by atoms with Gasteiger partial charge in [-0.1, -0.05) is 0 Å². The Bertz CT molecular complexity index is 147. The van der Waals surface area contributed by atoms with Crippen LogP contribution in [0.5, 0.6) is 0 Å². The van der Waals surface area contributed by atoms with E-state index in [0.717, 1.165) is 24.1 Å². The molecule has 1 amide bonds. The molecule has 2 aliphatic rings. The van der Waals surface area contributed by atoms with E-state index in [1.54, 1.807) is 0 Å². The second-order valence-electron chi connectivity index (χ2n) is 3.85. The fourth-order valence-electron chi connectivity index (χ4n) is 1.70. The van der Waals surface area contributed by atoms with Crippen molar-refractivity contribution >= 4 is 22.8 Å². The average Bonchev–Trinajstić information content (AvgIpc) is 2.58. The molecule has 0 aromatic rings. The van der Waals surface area contributed by atoms with E-state index in [1.165, 1.54) is 32.1 Å². The van der Waals surface area contributed by atoms with Gasteiger partial charge in [0.15, 0.2) is 0 Å². The van der Waals surface area contributed by atoms with Crippen LogP contribution in [0.15, 0.2) is 0 Å². The van der Waals surface area contributed by atoms with Gasteiger partial charge in [0.2, 0.25) is 5.91 Å². The van der Waals surface area contributed by atoms with Crippen molar-refractivity contribution in [1.29, 1.82) is 0 Å². The predicted molar refractivity (Wildman–Crippen MR) is 57.6 cm³/mol. The van der Waals surface area contributed by atoms with E-state index in [1.807, 2.05) is 16.9 Å². The van der Waals surface area contributed by atoms with E-state index in [9.17, 15) is 4.79 Å². The summed E-state index contributed by atoms with van der Waals surface area (Å²) in [5, 5.41) is 2.68. The Morgan fingerprint density at radius 2 is 1.85 bits per heavy atom. The van der Waals surface area contributed by atoms with E-state index in [0.29, 0.717) is 0 Å². The Hall–Kier alpha value is 0.0284. The van der Waals surface area contributed by atoms with Crippen molar-refractivity contribution < 1.29 is 4.79 Å². The Morgan fingerprint density at radius 1 is 1.15 bits per heavy atom. The summed E-state index contributed by atoms with van der Waals surface area (Å²) in [4.78, 5) is 10.1. The Balaban J connectivity index is 0.000000132. The molecule has 2 rings (SSSR count). The van der Waals surface area contributed by atoms with Crippen molar-refractivity contribution in [3.63, 3.8) is 0 Å². The number of rotatable bonds is 0. The first-order valence-electron chi connectivity index (χ1n) is 5.31. The standard InChI is InChI=1S/C6H13As.C4H7NO/c7-6-4-2-1-3-5-6;6-4-2-1-3-5-4/h6H,1-5,7H2;1-3H2,(H,5,6). The van der Waals surface area contributed by atoms with Crippen molar-refractivity contribution in [3.8, 4) is 0 Å². The molecule has 0 aromatic heterocycles. The van der Waals surface area contributed by atoms with Crippen molar-refractivity contribution in [2.45, 2.75) is 49.7 Å². The molecular formula is C10H20AsNO. The molecule has 3 heteroatoms. The molecule has 1 heterocycles. The summed E-state index contributed by atoms with van der Waals surface area (Å²) in [6.45, 7) is 0.888. The molecule has 1 unspecified atom stereocenters. The molecule has 1 atom stereocenters. The molecule has 13 heavy (non-hydrogen) atoms. The van der Waals surface area contributed by atoms with Crippen LogP contribution in [0.3, 0.4) is 0 Å². The second kappa shape index (κ2) is 6.48. The summed E-state index contributed by atoms with van der Waals surface area (Å²) < 4.78 is 1.10. The minimum atomic E-state index is 0.204. The molecule has 1 saturated heterocycles. The topological polar surface area (TPSA) is 29.1 Å². The van der Waals surface area contributed by atoms with Gasteiger partial charge in [0.1, 0.15) is 0 Å². The quantitative estimate of drug-likeness (QED) is 0.640. The minimum absolute atomic E-state index is 0.204. The van der Waals surface area contributed by atoms with Crippen LogP contribution >= 0.6 is 0 Å². The van der Waals surface area contributed by atoms with Gasteiger partial charge in [-0.15, -0.1) is 0 Å². The molecule has 2 nitrogen and oxygen atoms in total. The van der Waals surface area contributed by atoms with Crippen LogP contribution in [0, 0.1) is 0 Å². The third-order valence-electron chi connectivity index (χ3n) is 2.55. The molecular weight excluding hydrogens is 225 g/mol. The zero-order chi connectivity index (χ0) is 9.52. The maximum absolute atomic E-state index is 10.1. The summed E-state index contributed by atoms with van der Waals surface area (Å²) in [7, 11) is 0. The van der Waals surface area contributed by atoms with Crippen molar-refractivity contribution in [1.82, 2.24) is 5.32 Å². The summed E-state index contributed by atoms with van der Waals surface area (Å²) in [6.07, 6.45) is 9.30. The fourth-order valence-corrected chi connectivity index (χ4v) is 2.69. The molecule has 1 aliphatic carbocycles. The van der Waals surface area contributed by atoms with Gasteiger partial charge in [-0.2, -0.15) is 0 Å². The molecule has 1 aliphatic heterocycles. The molecule has 1 N–H and O–H groups in total. The van der Waals surface area contributed by atoms with Gasteiger partial charge in [-0.25, -0.2) is 0 Å². The number of amides is 1. The number of hydrogen-bond donors (Lipinski definition) is 1. The monoisotopic (exact) mass is 245 g/mol. The third-order valence-corrected chi connectivity index (χ3v) is 3.95. The predicted octanol–water partition coefficient (Wildman–Crippen LogP) is 1.27. The maximum atomic E-state index is 10.1. The van der Waals surface area contributed by atoms with Crippen LogP contribution in [0.4, 0.5) is 0 Å². The Kier molecular flexibility index (Phi) is 5.53. The van der Waals surface area contributed by atoms with Gasteiger partial charge >= 0.3 is 53.7 Å². The number of nitrogens with one attached hydrogen (secondary N) is 1. The third kappa shape index (κ3) is 5.36. The number of hydrogen-bond acceptors (Lipinski definition) is 1.